The van der Waals surface area contributed by atoms with Crippen molar-refractivity contribution >= 4 is 44.8 Å². The van der Waals surface area contributed by atoms with Crippen LogP contribution < -0.4 is 0 Å². The lowest BCUT2D eigenvalue weighted by molar-refractivity contribution is 0.0517. The van der Waals surface area contributed by atoms with Gasteiger partial charge in [-0.05, 0) is 50.2 Å². The van der Waals surface area contributed by atoms with E-state index in [0.717, 1.165) is 32.8 Å². The minimum atomic E-state index is -0.336. The molecule has 0 bridgehead atoms. The molecule has 0 unspecified atom stereocenters. The summed E-state index contributed by atoms with van der Waals surface area (Å²) in [7, 11) is 0. The van der Waals surface area contributed by atoms with E-state index in [1.54, 1.807) is 38.1 Å². The highest BCUT2D eigenvalue weighted by Gasteiger charge is 2.15. The standard InChI is InChI=1S/C20H18N2O4/c1-3-25-19(23)11-5-7-13-15(9-11)21-18-14-8-6-12(20(24)26-4-2)10-16(14)22-17(13)18/h5-10,21-22H,3-4H2,1-2H3. The number of rotatable bonds is 4. The van der Waals surface area contributed by atoms with E-state index in [1.165, 1.54) is 0 Å². The zero-order valence-electron chi connectivity index (χ0n) is 14.5. The molecule has 2 aromatic heterocycles. The van der Waals surface area contributed by atoms with E-state index in [-0.39, 0.29) is 11.9 Å². The molecule has 2 N–H and O–H groups in total. The van der Waals surface area contributed by atoms with Crippen LogP contribution in [-0.4, -0.2) is 35.1 Å². The molecule has 2 aromatic carbocycles. The predicted octanol–water partition coefficient (Wildman–Crippen LogP) is 4.16. The van der Waals surface area contributed by atoms with Gasteiger partial charge in [0.15, 0.2) is 0 Å². The minimum absolute atomic E-state index is 0.336. The summed E-state index contributed by atoms with van der Waals surface area (Å²) in [6.45, 7) is 4.25. The highest BCUT2D eigenvalue weighted by Crippen LogP contribution is 2.32. The number of esters is 2. The minimum Gasteiger partial charge on any atom is -0.462 e. The monoisotopic (exact) mass is 350 g/mol. The summed E-state index contributed by atoms with van der Waals surface area (Å²) in [4.78, 5) is 30.6. The molecule has 0 atom stereocenters. The summed E-state index contributed by atoms with van der Waals surface area (Å²) in [5, 5.41) is 1.95. The van der Waals surface area contributed by atoms with E-state index < -0.39 is 0 Å². The Morgan fingerprint density at radius 1 is 0.769 bits per heavy atom. The third kappa shape index (κ3) is 2.50. The summed E-state index contributed by atoms with van der Waals surface area (Å²) in [5.74, 6) is -0.673. The first kappa shape index (κ1) is 16.2. The zero-order valence-corrected chi connectivity index (χ0v) is 14.5. The smallest absolute Gasteiger partial charge is 0.338 e. The molecule has 4 rings (SSSR count). The lowest BCUT2D eigenvalue weighted by Gasteiger charge is -2.02. The quantitative estimate of drug-likeness (QED) is 0.541. The van der Waals surface area contributed by atoms with Crippen molar-refractivity contribution in [1.29, 1.82) is 0 Å². The fourth-order valence-electron chi connectivity index (χ4n) is 3.21. The second kappa shape index (κ2) is 6.22. The highest BCUT2D eigenvalue weighted by molar-refractivity contribution is 6.17. The van der Waals surface area contributed by atoms with Crippen molar-refractivity contribution < 1.29 is 19.1 Å². The molecule has 0 saturated carbocycles. The van der Waals surface area contributed by atoms with Gasteiger partial charge in [0.1, 0.15) is 0 Å². The molecule has 0 aliphatic rings. The van der Waals surface area contributed by atoms with Gasteiger partial charge in [-0.25, -0.2) is 9.59 Å². The molecule has 0 spiro atoms. The first-order valence-electron chi connectivity index (χ1n) is 8.53. The van der Waals surface area contributed by atoms with Gasteiger partial charge < -0.3 is 19.4 Å². The van der Waals surface area contributed by atoms with Gasteiger partial charge >= 0.3 is 11.9 Å². The second-order valence-electron chi connectivity index (χ2n) is 5.96. The van der Waals surface area contributed by atoms with Crippen LogP contribution in [0.25, 0.3) is 32.8 Å². The van der Waals surface area contributed by atoms with E-state index in [2.05, 4.69) is 9.97 Å². The van der Waals surface area contributed by atoms with Crippen molar-refractivity contribution in [1.82, 2.24) is 9.97 Å². The number of fused-ring (bicyclic) bond motifs is 5. The van der Waals surface area contributed by atoms with Gasteiger partial charge in [0.2, 0.25) is 0 Å². The summed E-state index contributed by atoms with van der Waals surface area (Å²) in [5.41, 5.74) is 4.61. The Morgan fingerprint density at radius 2 is 1.19 bits per heavy atom. The average Bonchev–Trinajstić information content (AvgIpc) is 3.16. The van der Waals surface area contributed by atoms with E-state index in [1.807, 2.05) is 12.1 Å². The molecule has 0 aliphatic carbocycles. The summed E-state index contributed by atoms with van der Waals surface area (Å²) in [6.07, 6.45) is 0. The van der Waals surface area contributed by atoms with Crippen LogP contribution in [0.2, 0.25) is 0 Å². The summed E-state index contributed by atoms with van der Waals surface area (Å²) in [6, 6.07) is 10.9. The lowest BCUT2D eigenvalue weighted by Crippen LogP contribution is -2.04. The van der Waals surface area contributed by atoms with E-state index in [4.69, 9.17) is 9.47 Å². The molecule has 6 nitrogen and oxygen atoms in total. The van der Waals surface area contributed by atoms with Crippen molar-refractivity contribution in [2.45, 2.75) is 13.8 Å². The Hall–Kier alpha value is -3.28. The van der Waals surface area contributed by atoms with Crippen LogP contribution in [0.4, 0.5) is 0 Å². The molecule has 2 heterocycles. The van der Waals surface area contributed by atoms with Crippen molar-refractivity contribution in [2.75, 3.05) is 13.2 Å². The zero-order chi connectivity index (χ0) is 18.3. The van der Waals surface area contributed by atoms with Gasteiger partial charge in [0.25, 0.3) is 0 Å². The molecular weight excluding hydrogens is 332 g/mol. The molecule has 0 saturated heterocycles. The topological polar surface area (TPSA) is 84.2 Å². The van der Waals surface area contributed by atoms with Gasteiger partial charge in [-0.1, -0.05) is 0 Å². The number of aromatic amines is 2. The van der Waals surface area contributed by atoms with Crippen molar-refractivity contribution in [3.8, 4) is 0 Å². The fraction of sp³-hybridized carbons (Fsp3) is 0.200. The van der Waals surface area contributed by atoms with Crippen molar-refractivity contribution in [3.63, 3.8) is 0 Å². The molecular formula is C20H18N2O4. The molecule has 0 radical (unpaired) electrons. The Balaban J connectivity index is 1.83. The van der Waals surface area contributed by atoms with Gasteiger partial charge in [0.05, 0.1) is 35.4 Å². The number of aromatic nitrogens is 2. The van der Waals surface area contributed by atoms with Crippen LogP contribution in [0.1, 0.15) is 34.6 Å². The van der Waals surface area contributed by atoms with Gasteiger partial charge in [-0.15, -0.1) is 0 Å². The van der Waals surface area contributed by atoms with Crippen molar-refractivity contribution in [3.05, 3.63) is 47.5 Å². The SMILES string of the molecule is CCOC(=O)c1ccc2c(c1)[nH]c1c3ccc(C(=O)OCC)cc3[nH]c21. The third-order valence-corrected chi connectivity index (χ3v) is 4.37. The van der Waals surface area contributed by atoms with Gasteiger partial charge in [-0.3, -0.25) is 0 Å². The Morgan fingerprint density at radius 3 is 1.58 bits per heavy atom. The molecule has 0 fully saturated rings. The number of benzene rings is 2. The second-order valence-corrected chi connectivity index (χ2v) is 5.96. The maximum absolute atomic E-state index is 11.9. The summed E-state index contributed by atoms with van der Waals surface area (Å²) >= 11 is 0. The van der Waals surface area contributed by atoms with Gasteiger partial charge in [0, 0.05) is 21.8 Å². The number of ether oxygens (including phenoxy) is 2. The van der Waals surface area contributed by atoms with Crippen LogP contribution in [0, 0.1) is 0 Å². The number of carbonyl (C=O) groups is 2. The predicted molar refractivity (Wildman–Crippen MR) is 99.6 cm³/mol. The Labute approximate surface area is 149 Å². The molecule has 0 aliphatic heterocycles. The number of hydrogen-bond donors (Lipinski definition) is 2. The number of nitrogens with one attached hydrogen (secondary N) is 2. The van der Waals surface area contributed by atoms with Crippen LogP contribution >= 0.6 is 0 Å². The van der Waals surface area contributed by atoms with Crippen molar-refractivity contribution in [2.24, 2.45) is 0 Å². The van der Waals surface area contributed by atoms with E-state index in [0.29, 0.717) is 24.3 Å². The average molecular weight is 350 g/mol. The van der Waals surface area contributed by atoms with E-state index in [9.17, 15) is 9.59 Å². The fourth-order valence-corrected chi connectivity index (χ4v) is 3.21. The summed E-state index contributed by atoms with van der Waals surface area (Å²) < 4.78 is 10.1. The van der Waals surface area contributed by atoms with Gasteiger partial charge in [-0.2, -0.15) is 0 Å². The first-order chi connectivity index (χ1) is 12.6. The molecule has 0 amide bonds. The molecule has 4 aromatic rings. The van der Waals surface area contributed by atoms with E-state index >= 15 is 0 Å². The highest BCUT2D eigenvalue weighted by atomic mass is 16.5. The van der Waals surface area contributed by atoms with Crippen LogP contribution in [0.3, 0.4) is 0 Å². The maximum atomic E-state index is 11.9. The maximum Gasteiger partial charge on any atom is 0.338 e. The van der Waals surface area contributed by atoms with Crippen LogP contribution in [0.15, 0.2) is 36.4 Å². The number of carbonyl (C=O) groups excluding carboxylic acids is 2. The Bertz CT molecular complexity index is 1060. The molecule has 26 heavy (non-hydrogen) atoms. The first-order valence-corrected chi connectivity index (χ1v) is 8.53. The number of hydrogen-bond acceptors (Lipinski definition) is 4. The normalized spacial score (nSPS) is 11.3. The lowest BCUT2D eigenvalue weighted by atomic mass is 10.1. The third-order valence-electron chi connectivity index (χ3n) is 4.37. The van der Waals surface area contributed by atoms with Crippen LogP contribution in [-0.2, 0) is 9.47 Å². The Kier molecular flexibility index (Phi) is 3.88. The largest absolute Gasteiger partial charge is 0.462 e. The van der Waals surface area contributed by atoms with Crippen LogP contribution in [0.5, 0.6) is 0 Å². The molecule has 132 valence electrons. The number of H-pyrrole nitrogens is 2. The molecule has 6 heteroatoms.